The van der Waals surface area contributed by atoms with Crippen LogP contribution >= 0.6 is 11.6 Å². The summed E-state index contributed by atoms with van der Waals surface area (Å²) >= 11 is 5.77. The van der Waals surface area contributed by atoms with Crippen molar-refractivity contribution in [3.8, 4) is 0 Å². The van der Waals surface area contributed by atoms with E-state index in [0.717, 1.165) is 5.69 Å². The monoisotopic (exact) mass is 185 g/mol. The second kappa shape index (κ2) is 3.11. The van der Waals surface area contributed by atoms with E-state index in [9.17, 15) is 0 Å². The molecule has 0 bridgehead atoms. The highest BCUT2D eigenvalue weighted by molar-refractivity contribution is 6.33. The molecule has 0 aliphatic heterocycles. The van der Waals surface area contributed by atoms with Crippen LogP contribution in [0.2, 0.25) is 5.02 Å². The molecule has 0 saturated heterocycles. The van der Waals surface area contributed by atoms with Crippen molar-refractivity contribution in [3.63, 3.8) is 0 Å². The first-order valence-corrected chi connectivity index (χ1v) is 3.92. The molecule has 0 unspecified atom stereocenters. The molecule has 12 heavy (non-hydrogen) atoms. The Hall–Kier alpha value is -1.09. The quantitative estimate of drug-likeness (QED) is 0.654. The van der Waals surface area contributed by atoms with Crippen LogP contribution in [0.3, 0.4) is 0 Å². The van der Waals surface area contributed by atoms with Gasteiger partial charge in [0.2, 0.25) is 0 Å². The molecule has 66 valence electrons. The van der Waals surface area contributed by atoms with E-state index < -0.39 is 0 Å². The van der Waals surface area contributed by atoms with Gasteiger partial charge in [0.05, 0.1) is 22.1 Å². The van der Waals surface area contributed by atoms with Gasteiger partial charge in [0.1, 0.15) is 0 Å². The fraction of sp³-hybridized carbons (Fsp3) is 0.250. The minimum absolute atomic E-state index is 0.498. The molecule has 1 rings (SSSR count). The Morgan fingerprint density at radius 2 is 1.75 bits per heavy atom. The number of nitrogens with zero attached hydrogens (tertiary/aromatic N) is 1. The molecule has 0 atom stereocenters. The summed E-state index contributed by atoms with van der Waals surface area (Å²) in [4.78, 5) is 1.89. The van der Waals surface area contributed by atoms with Crippen LogP contribution in [0.15, 0.2) is 12.1 Å². The van der Waals surface area contributed by atoms with Crippen molar-refractivity contribution in [2.24, 2.45) is 0 Å². The maximum absolute atomic E-state index is 5.77. The minimum Gasteiger partial charge on any atom is -0.397 e. The summed E-state index contributed by atoms with van der Waals surface area (Å²) in [5.41, 5.74) is 13.4. The molecular formula is C8H12ClN3. The average Bonchev–Trinajstić information content (AvgIpc) is 1.96. The Kier molecular flexibility index (Phi) is 2.33. The van der Waals surface area contributed by atoms with Crippen molar-refractivity contribution < 1.29 is 0 Å². The molecule has 0 fully saturated rings. The average molecular weight is 186 g/mol. The summed E-state index contributed by atoms with van der Waals surface area (Å²) in [6.07, 6.45) is 0. The fourth-order valence-electron chi connectivity index (χ4n) is 0.981. The van der Waals surface area contributed by atoms with Gasteiger partial charge in [-0.1, -0.05) is 11.6 Å². The number of hydrogen-bond donors (Lipinski definition) is 2. The lowest BCUT2D eigenvalue weighted by atomic mass is 10.2. The number of nitrogens with two attached hydrogens (primary N) is 2. The van der Waals surface area contributed by atoms with E-state index in [1.165, 1.54) is 0 Å². The minimum atomic E-state index is 0.498. The summed E-state index contributed by atoms with van der Waals surface area (Å²) in [6, 6.07) is 3.42. The number of halogens is 1. The number of benzene rings is 1. The Balaban J connectivity index is 3.23. The van der Waals surface area contributed by atoms with Crippen LogP contribution in [0, 0.1) is 0 Å². The third-order valence-corrected chi connectivity index (χ3v) is 1.96. The van der Waals surface area contributed by atoms with Crippen molar-refractivity contribution >= 4 is 28.7 Å². The summed E-state index contributed by atoms with van der Waals surface area (Å²) < 4.78 is 0. The Morgan fingerprint density at radius 1 is 1.17 bits per heavy atom. The first-order chi connectivity index (χ1) is 5.52. The predicted molar refractivity (Wildman–Crippen MR) is 54.6 cm³/mol. The number of hydrogen-bond acceptors (Lipinski definition) is 3. The molecule has 0 heterocycles. The zero-order chi connectivity index (χ0) is 9.30. The van der Waals surface area contributed by atoms with E-state index in [1.54, 1.807) is 12.1 Å². The number of nitrogen functional groups attached to an aromatic ring is 2. The largest absolute Gasteiger partial charge is 0.397 e. The van der Waals surface area contributed by atoms with Gasteiger partial charge in [-0.25, -0.2) is 0 Å². The molecule has 0 amide bonds. The first kappa shape index (κ1) is 9.00. The van der Waals surface area contributed by atoms with Gasteiger partial charge in [-0.05, 0) is 12.1 Å². The molecular weight excluding hydrogens is 174 g/mol. The lowest BCUT2D eigenvalue weighted by molar-refractivity contribution is 1.13. The maximum atomic E-state index is 5.77. The number of rotatable bonds is 1. The van der Waals surface area contributed by atoms with Crippen molar-refractivity contribution in [1.29, 1.82) is 0 Å². The van der Waals surface area contributed by atoms with Crippen LogP contribution in [0.5, 0.6) is 0 Å². The van der Waals surface area contributed by atoms with Gasteiger partial charge in [-0.15, -0.1) is 0 Å². The summed E-state index contributed by atoms with van der Waals surface area (Å²) in [5, 5.41) is 0.498. The highest BCUT2D eigenvalue weighted by Crippen LogP contribution is 2.30. The molecule has 4 heteroatoms. The van der Waals surface area contributed by atoms with Gasteiger partial charge in [-0.2, -0.15) is 0 Å². The van der Waals surface area contributed by atoms with Gasteiger partial charge in [0.25, 0.3) is 0 Å². The zero-order valence-corrected chi connectivity index (χ0v) is 7.89. The highest BCUT2D eigenvalue weighted by atomic mass is 35.5. The lowest BCUT2D eigenvalue weighted by Gasteiger charge is -2.16. The normalized spacial score (nSPS) is 9.92. The molecule has 0 radical (unpaired) electrons. The third kappa shape index (κ3) is 1.56. The second-order valence-corrected chi connectivity index (χ2v) is 3.23. The van der Waals surface area contributed by atoms with E-state index in [-0.39, 0.29) is 0 Å². The van der Waals surface area contributed by atoms with Gasteiger partial charge in [0, 0.05) is 14.1 Å². The smallest absolute Gasteiger partial charge is 0.0657 e. The summed E-state index contributed by atoms with van der Waals surface area (Å²) in [6.45, 7) is 0. The van der Waals surface area contributed by atoms with E-state index in [0.29, 0.717) is 16.4 Å². The Morgan fingerprint density at radius 3 is 2.25 bits per heavy atom. The molecule has 0 aliphatic carbocycles. The van der Waals surface area contributed by atoms with Crippen molar-refractivity contribution in [1.82, 2.24) is 0 Å². The molecule has 3 nitrogen and oxygen atoms in total. The van der Waals surface area contributed by atoms with Crippen LogP contribution in [0.1, 0.15) is 0 Å². The lowest BCUT2D eigenvalue weighted by Crippen LogP contribution is -2.11. The summed E-state index contributed by atoms with van der Waals surface area (Å²) in [7, 11) is 3.80. The van der Waals surface area contributed by atoms with Crippen LogP contribution in [0.4, 0.5) is 17.1 Å². The molecule has 0 aromatic heterocycles. The Bertz CT molecular complexity index is 297. The van der Waals surface area contributed by atoms with E-state index in [2.05, 4.69) is 0 Å². The maximum Gasteiger partial charge on any atom is 0.0657 e. The molecule has 0 aliphatic rings. The SMILES string of the molecule is CN(C)c1cc(N)c(Cl)cc1N. The van der Waals surface area contributed by atoms with Gasteiger partial charge in [-0.3, -0.25) is 0 Å². The third-order valence-electron chi connectivity index (χ3n) is 1.63. The second-order valence-electron chi connectivity index (χ2n) is 2.83. The van der Waals surface area contributed by atoms with Crippen LogP contribution in [-0.2, 0) is 0 Å². The van der Waals surface area contributed by atoms with Crippen molar-refractivity contribution in [2.75, 3.05) is 30.5 Å². The van der Waals surface area contributed by atoms with Crippen molar-refractivity contribution in [3.05, 3.63) is 17.2 Å². The zero-order valence-electron chi connectivity index (χ0n) is 7.13. The molecule has 1 aromatic rings. The number of anilines is 3. The topological polar surface area (TPSA) is 55.3 Å². The molecule has 0 saturated carbocycles. The molecule has 1 aromatic carbocycles. The molecule has 4 N–H and O–H groups in total. The van der Waals surface area contributed by atoms with E-state index in [1.807, 2.05) is 19.0 Å². The summed E-state index contributed by atoms with van der Waals surface area (Å²) in [5.74, 6) is 0. The van der Waals surface area contributed by atoms with E-state index >= 15 is 0 Å². The van der Waals surface area contributed by atoms with Crippen LogP contribution in [-0.4, -0.2) is 14.1 Å². The van der Waals surface area contributed by atoms with E-state index in [4.69, 9.17) is 23.1 Å². The standard InChI is InChI=1S/C8H12ClN3/c1-12(2)8-4-6(10)5(9)3-7(8)11/h3-4H,10-11H2,1-2H3. The fourth-order valence-corrected chi connectivity index (χ4v) is 1.15. The van der Waals surface area contributed by atoms with Gasteiger partial charge in [0.15, 0.2) is 0 Å². The predicted octanol–water partition coefficient (Wildman–Crippen LogP) is 1.57. The Labute approximate surface area is 76.9 Å². The first-order valence-electron chi connectivity index (χ1n) is 3.54. The van der Waals surface area contributed by atoms with Crippen molar-refractivity contribution in [2.45, 2.75) is 0 Å². The van der Waals surface area contributed by atoms with Gasteiger partial charge < -0.3 is 16.4 Å². The van der Waals surface area contributed by atoms with Crippen LogP contribution < -0.4 is 16.4 Å². The molecule has 0 spiro atoms. The van der Waals surface area contributed by atoms with Gasteiger partial charge >= 0.3 is 0 Å². The van der Waals surface area contributed by atoms with Crippen LogP contribution in [0.25, 0.3) is 0 Å². The highest BCUT2D eigenvalue weighted by Gasteiger charge is 2.04.